The number of benzene rings is 2. The van der Waals surface area contributed by atoms with Crippen LogP contribution in [0.5, 0.6) is 0 Å². The molecule has 1 N–H and O–H groups in total. The van der Waals surface area contributed by atoms with E-state index in [-0.39, 0.29) is 11.5 Å². The number of anilines is 1. The number of para-hydroxylation sites is 1. The molecule has 31 heavy (non-hydrogen) atoms. The molecule has 3 heterocycles. The predicted molar refractivity (Wildman–Crippen MR) is 118 cm³/mol. The van der Waals surface area contributed by atoms with Crippen LogP contribution in [0.25, 0.3) is 11.3 Å². The smallest absolute Gasteiger partial charge is 0.291 e. The molecule has 0 fully saturated rings. The molecule has 1 aliphatic heterocycles. The van der Waals surface area contributed by atoms with Gasteiger partial charge in [-0.05, 0) is 47.3 Å². The Kier molecular flexibility index (Phi) is 4.83. The van der Waals surface area contributed by atoms with E-state index in [4.69, 9.17) is 0 Å². The Balaban J connectivity index is 1.84. The fourth-order valence-corrected chi connectivity index (χ4v) is 4.16. The summed E-state index contributed by atoms with van der Waals surface area (Å²) in [6.45, 7) is 0. The summed E-state index contributed by atoms with van der Waals surface area (Å²) >= 11 is 1.33. The van der Waals surface area contributed by atoms with Gasteiger partial charge in [-0.1, -0.05) is 48.2 Å². The van der Waals surface area contributed by atoms with Gasteiger partial charge in [0.2, 0.25) is 5.16 Å². The maximum absolute atomic E-state index is 13.8. The lowest BCUT2D eigenvalue weighted by Gasteiger charge is -2.31. The summed E-state index contributed by atoms with van der Waals surface area (Å²) in [5.41, 5.74) is 2.55. The zero-order valence-corrected chi connectivity index (χ0v) is 17.4. The van der Waals surface area contributed by atoms with E-state index in [0.29, 0.717) is 33.4 Å². The molecule has 152 valence electrons. The van der Waals surface area contributed by atoms with Crippen LogP contribution in [0.4, 0.5) is 5.69 Å². The number of fused-ring (bicyclic) bond motifs is 3. The monoisotopic (exact) mass is 428 g/mol. The third kappa shape index (κ3) is 3.21. The number of aromatic nitrogens is 4. The molecule has 0 radical (unpaired) electrons. The van der Waals surface area contributed by atoms with Gasteiger partial charge in [-0.3, -0.25) is 19.6 Å². The molecule has 0 saturated heterocycles. The minimum Gasteiger partial charge on any atom is -0.291 e. The van der Waals surface area contributed by atoms with Crippen LogP contribution in [-0.4, -0.2) is 27.2 Å². The molecule has 0 aliphatic carbocycles. The van der Waals surface area contributed by atoms with Crippen molar-refractivity contribution in [1.82, 2.24) is 15.1 Å². The van der Waals surface area contributed by atoms with Crippen LogP contribution in [0.3, 0.4) is 0 Å². The summed E-state index contributed by atoms with van der Waals surface area (Å²) in [5, 5.41) is 5.13. The number of carbonyl (C=O) groups is 1. The van der Waals surface area contributed by atoms with E-state index in [9.17, 15) is 9.59 Å². The van der Waals surface area contributed by atoms with E-state index < -0.39 is 6.17 Å². The zero-order chi connectivity index (χ0) is 21.4. The summed E-state index contributed by atoms with van der Waals surface area (Å²) in [7, 11) is 0. The minimum atomic E-state index is -0.716. The van der Waals surface area contributed by atoms with Gasteiger partial charge in [-0.25, -0.2) is 4.90 Å². The molecule has 1 unspecified atom stereocenters. The first-order valence-corrected chi connectivity index (χ1v) is 10.9. The van der Waals surface area contributed by atoms with Crippen molar-refractivity contribution in [2.45, 2.75) is 11.3 Å². The van der Waals surface area contributed by atoms with Crippen molar-refractivity contribution in [3.05, 3.63) is 101 Å². The second-order valence-electron chi connectivity index (χ2n) is 6.94. The average molecular weight is 428 g/mol. The molecule has 0 bridgehead atoms. The van der Waals surface area contributed by atoms with Gasteiger partial charge in [0.1, 0.15) is 5.69 Å². The Morgan fingerprint density at radius 1 is 1.03 bits per heavy atom. The summed E-state index contributed by atoms with van der Waals surface area (Å²) in [6.07, 6.45) is 2.79. The SMILES string of the molecule is CSc1n[n+]2c(c(=O)[nH]1)-c1ccccc1N(C(=O)c1ccccc1)C2c1ccccn1. The van der Waals surface area contributed by atoms with Gasteiger partial charge in [-0.15, -0.1) is 0 Å². The van der Waals surface area contributed by atoms with E-state index >= 15 is 0 Å². The maximum atomic E-state index is 13.8. The van der Waals surface area contributed by atoms with Crippen LogP contribution in [0.15, 0.2) is 88.9 Å². The number of carbonyl (C=O) groups excluding carboxylic acids is 1. The molecule has 0 saturated carbocycles. The van der Waals surface area contributed by atoms with Crippen LogP contribution < -0.4 is 15.1 Å². The minimum absolute atomic E-state index is 0.199. The number of hydrogen-bond acceptors (Lipinski definition) is 5. The molecule has 2 aromatic heterocycles. The van der Waals surface area contributed by atoms with Crippen molar-refractivity contribution in [3.63, 3.8) is 0 Å². The highest BCUT2D eigenvalue weighted by Gasteiger charge is 2.46. The van der Waals surface area contributed by atoms with E-state index in [0.717, 1.165) is 0 Å². The van der Waals surface area contributed by atoms with Crippen LogP contribution >= 0.6 is 11.8 Å². The summed E-state index contributed by atoms with van der Waals surface area (Å²) < 4.78 is 1.61. The number of pyridine rings is 1. The number of H-pyrrole nitrogens is 1. The zero-order valence-electron chi connectivity index (χ0n) is 16.6. The normalized spacial score (nSPS) is 14.6. The Bertz CT molecular complexity index is 1320. The third-order valence-corrected chi connectivity index (χ3v) is 5.71. The molecular weight excluding hydrogens is 410 g/mol. The Morgan fingerprint density at radius 2 is 1.77 bits per heavy atom. The van der Waals surface area contributed by atoms with E-state index in [1.54, 1.807) is 27.9 Å². The van der Waals surface area contributed by atoms with E-state index in [2.05, 4.69) is 15.1 Å². The fraction of sp³-hybridized carbons (Fsp3) is 0.0870. The first-order chi connectivity index (χ1) is 15.2. The van der Waals surface area contributed by atoms with Crippen molar-refractivity contribution in [3.8, 4) is 11.3 Å². The van der Waals surface area contributed by atoms with Gasteiger partial charge < -0.3 is 0 Å². The number of thioether (sulfide) groups is 1. The van der Waals surface area contributed by atoms with Gasteiger partial charge >= 0.3 is 17.4 Å². The first kappa shape index (κ1) is 19.2. The van der Waals surface area contributed by atoms with Crippen molar-refractivity contribution < 1.29 is 9.48 Å². The molecule has 8 heteroatoms. The van der Waals surface area contributed by atoms with Crippen molar-refractivity contribution in [2.24, 2.45) is 0 Å². The lowest BCUT2D eigenvalue weighted by molar-refractivity contribution is -0.763. The van der Waals surface area contributed by atoms with Crippen molar-refractivity contribution >= 4 is 23.4 Å². The highest BCUT2D eigenvalue weighted by molar-refractivity contribution is 7.98. The summed E-state index contributed by atoms with van der Waals surface area (Å²) in [5.74, 6) is -0.199. The summed E-state index contributed by atoms with van der Waals surface area (Å²) in [6, 6.07) is 22.0. The molecule has 1 aliphatic rings. The number of rotatable bonds is 3. The number of amides is 1. The Hall–Kier alpha value is -3.78. The molecule has 1 atom stereocenters. The van der Waals surface area contributed by atoms with Crippen LogP contribution in [0.1, 0.15) is 22.2 Å². The third-order valence-electron chi connectivity index (χ3n) is 5.14. The average Bonchev–Trinajstić information content (AvgIpc) is 2.83. The van der Waals surface area contributed by atoms with Gasteiger partial charge in [0.25, 0.3) is 5.91 Å². The Labute approximate surface area is 182 Å². The standard InChI is InChI=1S/C23H17N5O2S/c1-31-23-25-20(29)19-16-11-5-6-13-18(16)27(22(30)15-9-3-2-4-10-15)21(28(19)26-23)17-12-7-8-14-24-17/h2-14,21H,1H3/p+1. The Morgan fingerprint density at radius 3 is 2.52 bits per heavy atom. The highest BCUT2D eigenvalue weighted by atomic mass is 32.2. The molecular formula is C23H18N5O2S+. The van der Waals surface area contributed by atoms with Gasteiger partial charge in [0.05, 0.1) is 11.3 Å². The second-order valence-corrected chi connectivity index (χ2v) is 7.74. The largest absolute Gasteiger partial charge is 0.325 e. The molecule has 5 rings (SSSR count). The fourth-order valence-electron chi connectivity index (χ4n) is 3.80. The number of nitrogens with one attached hydrogen (secondary N) is 1. The molecule has 4 aromatic rings. The second kappa shape index (κ2) is 7.81. The van der Waals surface area contributed by atoms with Crippen molar-refractivity contribution in [2.75, 3.05) is 11.2 Å². The molecule has 7 nitrogen and oxygen atoms in total. The lowest BCUT2D eigenvalue weighted by atomic mass is 10.0. The van der Waals surface area contributed by atoms with E-state index in [1.165, 1.54) is 11.8 Å². The first-order valence-electron chi connectivity index (χ1n) is 9.68. The van der Waals surface area contributed by atoms with Gasteiger partial charge in [0, 0.05) is 16.9 Å². The quantitative estimate of drug-likeness (QED) is 0.401. The topological polar surface area (TPSA) is 82.8 Å². The molecule has 2 aromatic carbocycles. The highest BCUT2D eigenvalue weighted by Crippen LogP contribution is 2.37. The maximum Gasteiger partial charge on any atom is 0.325 e. The predicted octanol–water partition coefficient (Wildman–Crippen LogP) is 3.05. The van der Waals surface area contributed by atoms with Crippen LogP contribution in [0, 0.1) is 0 Å². The summed E-state index contributed by atoms with van der Waals surface area (Å²) in [4.78, 5) is 35.8. The van der Waals surface area contributed by atoms with Crippen LogP contribution in [-0.2, 0) is 0 Å². The van der Waals surface area contributed by atoms with Gasteiger partial charge in [-0.2, -0.15) is 0 Å². The van der Waals surface area contributed by atoms with Gasteiger partial charge in [0.15, 0.2) is 0 Å². The number of nitrogens with zero attached hydrogens (tertiary/aromatic N) is 4. The molecule has 0 spiro atoms. The van der Waals surface area contributed by atoms with Crippen LogP contribution in [0.2, 0.25) is 0 Å². The van der Waals surface area contributed by atoms with E-state index in [1.807, 2.05) is 66.9 Å². The lowest BCUT2D eigenvalue weighted by Crippen LogP contribution is -2.61. The van der Waals surface area contributed by atoms with Crippen molar-refractivity contribution in [1.29, 1.82) is 0 Å². The number of aromatic amines is 1. The molecule has 1 amide bonds. The number of hydrogen-bond donors (Lipinski definition) is 1.